The Morgan fingerprint density at radius 2 is 1.74 bits per heavy atom. The van der Waals surface area contributed by atoms with E-state index in [1.807, 2.05) is 19.1 Å². The Hall–Kier alpha value is -2.26. The van der Waals surface area contributed by atoms with Gasteiger partial charge in [0.05, 0.1) is 12.1 Å². The Morgan fingerprint density at radius 1 is 1.15 bits per heavy atom. The van der Waals surface area contributed by atoms with E-state index in [4.69, 9.17) is 0 Å². The van der Waals surface area contributed by atoms with Crippen LogP contribution in [0.1, 0.15) is 39.0 Å². The summed E-state index contributed by atoms with van der Waals surface area (Å²) in [7, 11) is 1.81. The molecule has 1 saturated heterocycles. The van der Waals surface area contributed by atoms with E-state index in [0.29, 0.717) is 0 Å². The summed E-state index contributed by atoms with van der Waals surface area (Å²) < 4.78 is 0. The van der Waals surface area contributed by atoms with Gasteiger partial charge in [0.15, 0.2) is 0 Å². The van der Waals surface area contributed by atoms with Crippen LogP contribution in [0.2, 0.25) is 0 Å². The number of amides is 1. The quantitative estimate of drug-likeness (QED) is 0.882. The van der Waals surface area contributed by atoms with Gasteiger partial charge >= 0.3 is 0 Å². The molecule has 6 heteroatoms. The minimum absolute atomic E-state index is 0.0523. The predicted octanol–water partition coefficient (Wildman–Crippen LogP) is 2.59. The highest BCUT2D eigenvalue weighted by Crippen LogP contribution is 2.33. The Morgan fingerprint density at radius 3 is 2.30 bits per heavy atom. The minimum Gasteiger partial charge on any atom is -0.508 e. The lowest BCUT2D eigenvalue weighted by atomic mass is 9.81. The molecular weight excluding hydrogens is 340 g/mol. The number of benzene rings is 1. The van der Waals surface area contributed by atoms with Gasteiger partial charge in [-0.2, -0.15) is 5.26 Å². The third-order valence-electron chi connectivity index (χ3n) is 6.30. The summed E-state index contributed by atoms with van der Waals surface area (Å²) in [5.74, 6) is 0.324. The number of anilines is 1. The second-order valence-corrected chi connectivity index (χ2v) is 7.82. The molecule has 0 radical (unpaired) electrons. The maximum Gasteiger partial charge on any atom is 0.240 e. The lowest BCUT2D eigenvalue weighted by Crippen LogP contribution is -2.58. The predicted molar refractivity (Wildman–Crippen MR) is 106 cm³/mol. The second kappa shape index (κ2) is 8.18. The van der Waals surface area contributed by atoms with Crippen molar-refractivity contribution in [2.75, 3.05) is 38.1 Å². The van der Waals surface area contributed by atoms with Crippen molar-refractivity contribution in [2.45, 2.75) is 50.6 Å². The molecule has 1 aromatic rings. The second-order valence-electron chi connectivity index (χ2n) is 7.82. The maximum atomic E-state index is 13.1. The van der Waals surface area contributed by atoms with Gasteiger partial charge < -0.3 is 14.9 Å². The SMILES string of the molecule is C[C@@H](C(=O)N(C)C1(C#N)CCCCC1)N1CCN(c2ccc(O)cc2)CC1. The maximum absolute atomic E-state index is 13.1. The molecule has 1 saturated carbocycles. The molecule has 146 valence electrons. The number of hydrogen-bond donors (Lipinski definition) is 1. The molecular formula is C21H30N4O2. The normalized spacial score (nSPS) is 21.3. The monoisotopic (exact) mass is 370 g/mol. The van der Waals surface area contributed by atoms with Gasteiger partial charge in [0.2, 0.25) is 5.91 Å². The third kappa shape index (κ3) is 4.03. The van der Waals surface area contributed by atoms with Crippen LogP contribution in [0.5, 0.6) is 5.75 Å². The van der Waals surface area contributed by atoms with Crippen LogP contribution in [0, 0.1) is 11.3 Å². The molecule has 0 bridgehead atoms. The van der Waals surface area contributed by atoms with Crippen molar-refractivity contribution in [1.82, 2.24) is 9.80 Å². The molecule has 27 heavy (non-hydrogen) atoms. The van der Waals surface area contributed by atoms with Crippen LogP contribution in [0.4, 0.5) is 5.69 Å². The molecule has 0 spiro atoms. The first kappa shape index (κ1) is 19.5. The zero-order chi connectivity index (χ0) is 19.4. The van der Waals surface area contributed by atoms with Crippen molar-refractivity contribution in [3.8, 4) is 11.8 Å². The Kier molecular flexibility index (Phi) is 5.91. The first-order chi connectivity index (χ1) is 13.0. The average Bonchev–Trinajstić information content (AvgIpc) is 2.73. The number of carbonyl (C=O) groups is 1. The highest BCUT2D eigenvalue weighted by atomic mass is 16.3. The largest absolute Gasteiger partial charge is 0.508 e. The summed E-state index contributed by atoms with van der Waals surface area (Å²) in [5, 5.41) is 19.2. The van der Waals surface area contributed by atoms with Crippen LogP contribution in [0.3, 0.4) is 0 Å². The van der Waals surface area contributed by atoms with Gasteiger partial charge in [-0.1, -0.05) is 19.3 Å². The topological polar surface area (TPSA) is 70.8 Å². The van der Waals surface area contributed by atoms with Crippen LogP contribution in [0.25, 0.3) is 0 Å². The van der Waals surface area contributed by atoms with Crippen molar-refractivity contribution >= 4 is 11.6 Å². The zero-order valence-corrected chi connectivity index (χ0v) is 16.4. The Balaban J connectivity index is 1.59. The van der Waals surface area contributed by atoms with Gasteiger partial charge in [0.25, 0.3) is 0 Å². The van der Waals surface area contributed by atoms with Crippen molar-refractivity contribution in [3.05, 3.63) is 24.3 Å². The lowest BCUT2D eigenvalue weighted by Gasteiger charge is -2.43. The molecule has 1 aliphatic heterocycles. The van der Waals surface area contributed by atoms with Gasteiger partial charge in [-0.05, 0) is 44.0 Å². The van der Waals surface area contributed by atoms with Gasteiger partial charge in [0.1, 0.15) is 11.3 Å². The number of phenols is 1. The van der Waals surface area contributed by atoms with E-state index in [9.17, 15) is 15.2 Å². The summed E-state index contributed by atoms with van der Waals surface area (Å²) in [6, 6.07) is 9.48. The molecule has 1 heterocycles. The number of likely N-dealkylation sites (N-methyl/N-ethyl adjacent to an activating group) is 1. The number of hydrogen-bond acceptors (Lipinski definition) is 5. The van der Waals surface area contributed by atoms with Crippen LogP contribution in [-0.4, -0.2) is 65.6 Å². The molecule has 1 atom stereocenters. The Labute approximate surface area is 162 Å². The molecule has 1 aliphatic carbocycles. The summed E-state index contributed by atoms with van der Waals surface area (Å²) in [4.78, 5) is 19.3. The first-order valence-corrected chi connectivity index (χ1v) is 9.94. The number of aromatic hydroxyl groups is 1. The fourth-order valence-corrected chi connectivity index (χ4v) is 4.34. The van der Waals surface area contributed by atoms with E-state index >= 15 is 0 Å². The van der Waals surface area contributed by atoms with Gasteiger partial charge in [-0.15, -0.1) is 0 Å². The van der Waals surface area contributed by atoms with E-state index in [2.05, 4.69) is 15.9 Å². The van der Waals surface area contributed by atoms with E-state index in [0.717, 1.165) is 64.0 Å². The first-order valence-electron chi connectivity index (χ1n) is 9.94. The molecule has 1 amide bonds. The van der Waals surface area contributed by atoms with Gasteiger partial charge in [0, 0.05) is 38.9 Å². The fourth-order valence-electron chi connectivity index (χ4n) is 4.34. The number of nitriles is 1. The minimum atomic E-state index is -0.628. The van der Waals surface area contributed by atoms with Crippen LogP contribution < -0.4 is 4.90 Å². The van der Waals surface area contributed by atoms with Crippen molar-refractivity contribution < 1.29 is 9.90 Å². The molecule has 0 aromatic heterocycles. The third-order valence-corrected chi connectivity index (χ3v) is 6.30. The highest BCUT2D eigenvalue weighted by molar-refractivity contribution is 5.82. The summed E-state index contributed by atoms with van der Waals surface area (Å²) in [6.45, 7) is 5.26. The molecule has 1 N–H and O–H groups in total. The summed E-state index contributed by atoms with van der Waals surface area (Å²) in [6.07, 6.45) is 4.76. The van der Waals surface area contributed by atoms with Crippen molar-refractivity contribution in [3.63, 3.8) is 0 Å². The molecule has 3 rings (SSSR count). The highest BCUT2D eigenvalue weighted by Gasteiger charge is 2.41. The molecule has 2 aliphatic rings. The lowest BCUT2D eigenvalue weighted by molar-refractivity contribution is -0.140. The zero-order valence-electron chi connectivity index (χ0n) is 16.4. The number of piperazine rings is 1. The number of phenolic OH excluding ortho intramolecular Hbond substituents is 1. The van der Waals surface area contributed by atoms with E-state index in [-0.39, 0.29) is 17.7 Å². The molecule has 0 unspecified atom stereocenters. The number of carbonyl (C=O) groups excluding carboxylic acids is 1. The molecule has 1 aromatic carbocycles. The van der Waals surface area contributed by atoms with Crippen LogP contribution >= 0.6 is 0 Å². The number of nitrogens with zero attached hydrogens (tertiary/aromatic N) is 4. The van der Waals surface area contributed by atoms with Crippen molar-refractivity contribution in [1.29, 1.82) is 5.26 Å². The van der Waals surface area contributed by atoms with E-state index in [1.54, 1.807) is 24.1 Å². The smallest absolute Gasteiger partial charge is 0.240 e. The molecule has 6 nitrogen and oxygen atoms in total. The van der Waals surface area contributed by atoms with Gasteiger partial charge in [-0.25, -0.2) is 0 Å². The number of rotatable bonds is 4. The summed E-state index contributed by atoms with van der Waals surface area (Å²) >= 11 is 0. The summed E-state index contributed by atoms with van der Waals surface area (Å²) in [5.41, 5.74) is 0.464. The van der Waals surface area contributed by atoms with Crippen molar-refractivity contribution in [2.24, 2.45) is 0 Å². The standard InChI is InChI=1S/C21H30N4O2/c1-17(20(27)23(2)21(16-22)10-4-3-5-11-21)24-12-14-25(15-13-24)18-6-8-19(26)9-7-18/h6-9,17,26H,3-5,10-15H2,1-2H3/t17-/m0/s1. The van der Waals surface area contributed by atoms with E-state index < -0.39 is 5.54 Å². The van der Waals surface area contributed by atoms with Crippen LogP contribution in [0.15, 0.2) is 24.3 Å². The van der Waals surface area contributed by atoms with E-state index in [1.165, 1.54) is 0 Å². The molecule has 2 fully saturated rings. The average molecular weight is 370 g/mol. The van der Waals surface area contributed by atoms with Gasteiger partial charge in [-0.3, -0.25) is 9.69 Å². The Bertz CT molecular complexity index is 683. The van der Waals surface area contributed by atoms with Crippen LogP contribution in [-0.2, 0) is 4.79 Å². The fraction of sp³-hybridized carbons (Fsp3) is 0.619.